The van der Waals surface area contributed by atoms with Gasteiger partial charge < -0.3 is 0 Å². The monoisotopic (exact) mass is 188 g/mol. The van der Waals surface area contributed by atoms with Crippen LogP contribution in [-0.2, 0) is 0 Å². The Labute approximate surface area is 87.7 Å². The molecule has 0 heterocycles. The van der Waals surface area contributed by atoms with Gasteiger partial charge in [0, 0.05) is 0 Å². The van der Waals surface area contributed by atoms with Crippen molar-refractivity contribution in [2.45, 2.75) is 39.0 Å². The first kappa shape index (κ1) is 11.0. The summed E-state index contributed by atoms with van der Waals surface area (Å²) in [5, 5.41) is 0. The second kappa shape index (κ2) is 6.42. The molecule has 1 aromatic carbocycles. The Morgan fingerprint density at radius 3 is 2.21 bits per heavy atom. The first-order valence-corrected chi connectivity index (χ1v) is 5.54. The minimum absolute atomic E-state index is 0.909. The smallest absolute Gasteiger partial charge is 0.0162 e. The molecule has 0 N–H and O–H groups in total. The van der Waals surface area contributed by atoms with Crippen LogP contribution < -0.4 is 0 Å². The average Bonchev–Trinajstić information content (AvgIpc) is 3.05. The molecule has 1 saturated carbocycles. The molecule has 1 aromatic rings. The van der Waals surface area contributed by atoms with Gasteiger partial charge in [-0.05, 0) is 37.7 Å². The standard InChI is InChI=1S/C9H10.C5H10/c1-2-4-8(5-3-1)9-6-7-9;1-3-5-4-2/h1-5,9H,6-7H2;3,5H,4H2,1-2H3/b;5-3+. The lowest BCUT2D eigenvalue weighted by Gasteiger charge is -1.92. The molecular weight excluding hydrogens is 168 g/mol. The van der Waals surface area contributed by atoms with E-state index in [-0.39, 0.29) is 0 Å². The lowest BCUT2D eigenvalue weighted by molar-refractivity contribution is 1.13. The predicted octanol–water partition coefficient (Wildman–Crippen LogP) is 4.54. The lowest BCUT2D eigenvalue weighted by Crippen LogP contribution is -1.73. The molecule has 0 spiro atoms. The predicted molar refractivity (Wildman–Crippen MR) is 63.5 cm³/mol. The third-order valence-corrected chi connectivity index (χ3v) is 2.32. The second-order valence-electron chi connectivity index (χ2n) is 3.66. The van der Waals surface area contributed by atoms with E-state index in [4.69, 9.17) is 0 Å². The third-order valence-electron chi connectivity index (χ3n) is 2.32. The van der Waals surface area contributed by atoms with Crippen molar-refractivity contribution in [2.75, 3.05) is 0 Å². The third kappa shape index (κ3) is 4.27. The Kier molecular flexibility index (Phi) is 5.06. The highest BCUT2D eigenvalue weighted by molar-refractivity contribution is 5.22. The van der Waals surface area contributed by atoms with Gasteiger partial charge in [0.25, 0.3) is 0 Å². The van der Waals surface area contributed by atoms with Gasteiger partial charge in [0.15, 0.2) is 0 Å². The lowest BCUT2D eigenvalue weighted by atomic mass is 10.1. The van der Waals surface area contributed by atoms with E-state index < -0.39 is 0 Å². The molecule has 0 amide bonds. The van der Waals surface area contributed by atoms with Crippen LogP contribution in [0, 0.1) is 0 Å². The van der Waals surface area contributed by atoms with E-state index in [1.54, 1.807) is 0 Å². The number of allylic oxidation sites excluding steroid dienone is 2. The molecule has 1 fully saturated rings. The molecule has 0 radical (unpaired) electrons. The van der Waals surface area contributed by atoms with Crippen LogP contribution in [0.4, 0.5) is 0 Å². The summed E-state index contributed by atoms with van der Waals surface area (Å²) in [5.41, 5.74) is 1.53. The molecule has 2 rings (SSSR count). The van der Waals surface area contributed by atoms with E-state index >= 15 is 0 Å². The van der Waals surface area contributed by atoms with Crippen LogP contribution in [0.15, 0.2) is 42.5 Å². The van der Waals surface area contributed by atoms with Gasteiger partial charge in [-0.3, -0.25) is 0 Å². The van der Waals surface area contributed by atoms with Crippen molar-refractivity contribution in [2.24, 2.45) is 0 Å². The molecule has 0 bridgehead atoms. The molecular formula is C14H20. The molecule has 0 aliphatic heterocycles. The number of hydrogen-bond acceptors (Lipinski definition) is 0. The van der Waals surface area contributed by atoms with E-state index in [0.29, 0.717) is 0 Å². The largest absolute Gasteiger partial charge is 0.0917 e. The summed E-state index contributed by atoms with van der Waals surface area (Å²) in [5.74, 6) is 0.909. The van der Waals surface area contributed by atoms with Gasteiger partial charge in [-0.2, -0.15) is 0 Å². The molecule has 0 unspecified atom stereocenters. The fraction of sp³-hybridized carbons (Fsp3) is 0.429. The zero-order valence-corrected chi connectivity index (χ0v) is 9.24. The first-order valence-electron chi connectivity index (χ1n) is 5.54. The van der Waals surface area contributed by atoms with E-state index in [1.807, 2.05) is 6.92 Å². The number of hydrogen-bond donors (Lipinski definition) is 0. The van der Waals surface area contributed by atoms with Crippen molar-refractivity contribution in [1.29, 1.82) is 0 Å². The van der Waals surface area contributed by atoms with Gasteiger partial charge in [0.2, 0.25) is 0 Å². The quantitative estimate of drug-likeness (QED) is 0.598. The van der Waals surface area contributed by atoms with Crippen molar-refractivity contribution in [1.82, 2.24) is 0 Å². The van der Waals surface area contributed by atoms with Crippen LogP contribution in [0.2, 0.25) is 0 Å². The summed E-state index contributed by atoms with van der Waals surface area (Å²) in [6.45, 7) is 4.16. The first-order chi connectivity index (χ1) is 6.88. The second-order valence-corrected chi connectivity index (χ2v) is 3.66. The maximum Gasteiger partial charge on any atom is -0.0162 e. The minimum Gasteiger partial charge on any atom is -0.0917 e. The van der Waals surface area contributed by atoms with Crippen molar-refractivity contribution in [3.05, 3.63) is 48.0 Å². The van der Waals surface area contributed by atoms with E-state index in [0.717, 1.165) is 12.3 Å². The normalized spacial score (nSPS) is 15.0. The van der Waals surface area contributed by atoms with Crippen LogP contribution in [-0.4, -0.2) is 0 Å². The zero-order valence-electron chi connectivity index (χ0n) is 9.24. The summed E-state index contributed by atoms with van der Waals surface area (Å²) in [4.78, 5) is 0. The fourth-order valence-corrected chi connectivity index (χ4v) is 1.38. The molecule has 0 aromatic heterocycles. The molecule has 0 saturated heterocycles. The highest BCUT2D eigenvalue weighted by atomic mass is 14.3. The maximum atomic E-state index is 2.22. The van der Waals surface area contributed by atoms with Crippen LogP contribution in [0.3, 0.4) is 0 Å². The number of rotatable bonds is 2. The van der Waals surface area contributed by atoms with Gasteiger partial charge in [-0.25, -0.2) is 0 Å². The van der Waals surface area contributed by atoms with Gasteiger partial charge >= 0.3 is 0 Å². The van der Waals surface area contributed by atoms with Gasteiger partial charge in [0.1, 0.15) is 0 Å². The molecule has 0 heteroatoms. The average molecular weight is 188 g/mol. The Bertz CT molecular complexity index is 255. The Balaban J connectivity index is 0.000000171. The summed E-state index contributed by atoms with van der Waals surface area (Å²) < 4.78 is 0. The SMILES string of the molecule is C/C=C/CC.c1ccc(C2CC2)cc1. The van der Waals surface area contributed by atoms with Crippen molar-refractivity contribution in [3.8, 4) is 0 Å². The molecule has 0 nitrogen and oxygen atoms in total. The minimum atomic E-state index is 0.909. The van der Waals surface area contributed by atoms with E-state index in [9.17, 15) is 0 Å². The van der Waals surface area contributed by atoms with Crippen LogP contribution in [0.25, 0.3) is 0 Å². The molecule has 14 heavy (non-hydrogen) atoms. The van der Waals surface area contributed by atoms with Crippen LogP contribution in [0.1, 0.15) is 44.6 Å². The van der Waals surface area contributed by atoms with Gasteiger partial charge in [-0.15, -0.1) is 0 Å². The van der Waals surface area contributed by atoms with Crippen LogP contribution >= 0.6 is 0 Å². The Morgan fingerprint density at radius 1 is 1.21 bits per heavy atom. The van der Waals surface area contributed by atoms with E-state index in [1.165, 1.54) is 18.4 Å². The van der Waals surface area contributed by atoms with E-state index in [2.05, 4.69) is 49.4 Å². The maximum absolute atomic E-state index is 2.22. The van der Waals surface area contributed by atoms with Crippen molar-refractivity contribution in [3.63, 3.8) is 0 Å². The molecule has 1 aliphatic rings. The highest BCUT2D eigenvalue weighted by Crippen LogP contribution is 2.39. The van der Waals surface area contributed by atoms with Crippen LogP contribution in [0.5, 0.6) is 0 Å². The summed E-state index contributed by atoms with van der Waals surface area (Å²) in [7, 11) is 0. The van der Waals surface area contributed by atoms with Gasteiger partial charge in [-0.1, -0.05) is 49.4 Å². The summed E-state index contributed by atoms with van der Waals surface area (Å²) >= 11 is 0. The number of benzene rings is 1. The highest BCUT2D eigenvalue weighted by Gasteiger charge is 2.22. The van der Waals surface area contributed by atoms with Crippen molar-refractivity contribution >= 4 is 0 Å². The Hall–Kier alpha value is -1.04. The summed E-state index contributed by atoms with van der Waals surface area (Å²) in [6.07, 6.45) is 8.16. The molecule has 1 aliphatic carbocycles. The topological polar surface area (TPSA) is 0 Å². The Morgan fingerprint density at radius 2 is 1.86 bits per heavy atom. The van der Waals surface area contributed by atoms with Gasteiger partial charge in [0.05, 0.1) is 0 Å². The van der Waals surface area contributed by atoms with Crippen molar-refractivity contribution < 1.29 is 0 Å². The summed E-state index contributed by atoms with van der Waals surface area (Å²) in [6, 6.07) is 10.8. The fourth-order valence-electron chi connectivity index (χ4n) is 1.38. The molecule has 0 atom stereocenters. The zero-order chi connectivity index (χ0) is 10.2. The molecule has 76 valence electrons.